The van der Waals surface area contributed by atoms with Crippen LogP contribution in [-0.2, 0) is 4.74 Å². The van der Waals surface area contributed by atoms with Crippen molar-refractivity contribution in [2.75, 3.05) is 26.4 Å². The third-order valence-corrected chi connectivity index (χ3v) is 4.78. The van der Waals surface area contributed by atoms with E-state index in [9.17, 15) is 14.3 Å². The van der Waals surface area contributed by atoms with E-state index in [1.807, 2.05) is 0 Å². The molecule has 0 radical (unpaired) electrons. The number of pyridine rings is 1. The Balaban J connectivity index is 1.78. The van der Waals surface area contributed by atoms with Gasteiger partial charge in [-0.25, -0.2) is 9.37 Å². The lowest BCUT2D eigenvalue weighted by Crippen LogP contribution is -2.43. The average Bonchev–Trinajstić information content (AvgIpc) is 2.60. The maximum Gasteiger partial charge on any atom is 0.254 e. The van der Waals surface area contributed by atoms with Crippen LogP contribution in [0.2, 0.25) is 5.15 Å². The Morgan fingerprint density at radius 1 is 1.38 bits per heavy atom. The molecule has 1 aromatic heterocycles. The first-order chi connectivity index (χ1) is 11.5. The largest absolute Gasteiger partial charge is 0.396 e. The van der Waals surface area contributed by atoms with E-state index in [2.05, 4.69) is 10.3 Å². The number of nitrogens with one attached hydrogen (secondary N) is 1. The zero-order valence-electron chi connectivity index (χ0n) is 13.0. The monoisotopic (exact) mass is 352 g/mol. The van der Waals surface area contributed by atoms with Crippen molar-refractivity contribution in [1.82, 2.24) is 10.3 Å². The van der Waals surface area contributed by atoms with Crippen molar-refractivity contribution in [3.63, 3.8) is 0 Å². The number of hydrogen-bond acceptors (Lipinski definition) is 4. The van der Waals surface area contributed by atoms with Crippen molar-refractivity contribution in [3.8, 4) is 0 Å². The first kappa shape index (κ1) is 17.1. The van der Waals surface area contributed by atoms with Crippen LogP contribution >= 0.6 is 11.6 Å². The van der Waals surface area contributed by atoms with E-state index in [0.29, 0.717) is 43.5 Å². The summed E-state index contributed by atoms with van der Waals surface area (Å²) in [5.41, 5.74) is 0.261. The van der Waals surface area contributed by atoms with Gasteiger partial charge in [0.05, 0.1) is 17.7 Å². The number of aromatic nitrogens is 1. The number of aliphatic hydroxyl groups is 1. The Morgan fingerprint density at radius 3 is 2.83 bits per heavy atom. The lowest BCUT2D eigenvalue weighted by Gasteiger charge is -2.35. The highest BCUT2D eigenvalue weighted by molar-refractivity contribution is 6.33. The summed E-state index contributed by atoms with van der Waals surface area (Å²) in [5, 5.41) is 13.1. The zero-order chi connectivity index (χ0) is 17.2. The van der Waals surface area contributed by atoms with E-state index in [1.54, 1.807) is 12.1 Å². The second kappa shape index (κ2) is 7.01. The Morgan fingerprint density at radius 2 is 2.12 bits per heavy atom. The summed E-state index contributed by atoms with van der Waals surface area (Å²) in [6.45, 7) is 1.46. The Hall–Kier alpha value is -1.76. The molecule has 3 rings (SSSR count). The van der Waals surface area contributed by atoms with Crippen LogP contribution in [0.3, 0.4) is 0 Å². The Labute approximate surface area is 143 Å². The van der Waals surface area contributed by atoms with Gasteiger partial charge in [-0.1, -0.05) is 11.6 Å². The molecule has 2 heterocycles. The first-order valence-corrected chi connectivity index (χ1v) is 8.13. The fraction of sp³-hybridized carbons (Fsp3) is 0.412. The van der Waals surface area contributed by atoms with Crippen molar-refractivity contribution in [1.29, 1.82) is 0 Å². The van der Waals surface area contributed by atoms with Gasteiger partial charge in [-0.3, -0.25) is 4.79 Å². The molecule has 2 aromatic rings. The van der Waals surface area contributed by atoms with Gasteiger partial charge in [0.1, 0.15) is 11.0 Å². The summed E-state index contributed by atoms with van der Waals surface area (Å²) >= 11 is 6.08. The van der Waals surface area contributed by atoms with Crippen LogP contribution in [0, 0.1) is 11.2 Å². The molecule has 2 N–H and O–H groups in total. The van der Waals surface area contributed by atoms with Gasteiger partial charge < -0.3 is 15.2 Å². The summed E-state index contributed by atoms with van der Waals surface area (Å²) in [6, 6.07) is 5.72. The molecular formula is C17H18ClFN2O3. The normalized spacial score (nSPS) is 17.0. The number of ether oxygens (including phenoxy) is 1. The number of halogens is 2. The molecule has 7 heteroatoms. The molecule has 0 spiro atoms. The smallest absolute Gasteiger partial charge is 0.254 e. The number of hydrogen-bond donors (Lipinski definition) is 2. The second-order valence-electron chi connectivity index (χ2n) is 6.12. The van der Waals surface area contributed by atoms with Crippen molar-refractivity contribution in [2.24, 2.45) is 5.41 Å². The number of fused-ring (bicyclic) bond motifs is 1. The maximum absolute atomic E-state index is 13.2. The van der Waals surface area contributed by atoms with Crippen molar-refractivity contribution >= 4 is 28.4 Å². The zero-order valence-corrected chi connectivity index (χ0v) is 13.8. The molecule has 1 aliphatic heterocycles. The van der Waals surface area contributed by atoms with Gasteiger partial charge in [0.15, 0.2) is 0 Å². The number of rotatable bonds is 4. The van der Waals surface area contributed by atoms with E-state index >= 15 is 0 Å². The molecule has 0 bridgehead atoms. The third-order valence-electron chi connectivity index (χ3n) is 4.49. The quantitative estimate of drug-likeness (QED) is 0.829. The summed E-state index contributed by atoms with van der Waals surface area (Å²) in [6.07, 6.45) is 1.37. The third kappa shape index (κ3) is 3.50. The highest BCUT2D eigenvalue weighted by Gasteiger charge is 2.32. The Bertz CT molecular complexity index is 763. The van der Waals surface area contributed by atoms with E-state index in [4.69, 9.17) is 16.3 Å². The lowest BCUT2D eigenvalue weighted by atomic mass is 9.81. The number of carbonyl (C=O) groups is 1. The minimum absolute atomic E-state index is 0.0143. The van der Waals surface area contributed by atoms with Gasteiger partial charge >= 0.3 is 0 Å². The molecular weight excluding hydrogens is 335 g/mol. The number of aliphatic hydroxyl groups excluding tert-OH is 1. The van der Waals surface area contributed by atoms with Crippen LogP contribution in [0.15, 0.2) is 24.3 Å². The summed E-state index contributed by atoms with van der Waals surface area (Å²) in [7, 11) is 0. The Kier molecular flexibility index (Phi) is 4.99. The van der Waals surface area contributed by atoms with Crippen molar-refractivity contribution < 1.29 is 19.0 Å². The maximum atomic E-state index is 13.2. The summed E-state index contributed by atoms with van der Waals surface area (Å²) in [4.78, 5) is 16.5. The van der Waals surface area contributed by atoms with Gasteiger partial charge in [0, 0.05) is 36.6 Å². The van der Waals surface area contributed by atoms with E-state index < -0.39 is 5.82 Å². The van der Waals surface area contributed by atoms with Gasteiger partial charge in [-0.15, -0.1) is 0 Å². The summed E-state index contributed by atoms with van der Waals surface area (Å²) < 4.78 is 18.5. The SMILES string of the molecule is O=C(NCC1(CO)CCOCC1)c1cc2ccc(F)cc2nc1Cl. The standard InChI is InChI=1S/C17H18ClFN2O3/c18-15-13(7-11-1-2-12(19)8-14(11)21-15)16(23)20-9-17(10-22)3-5-24-6-4-17/h1-2,7-8,22H,3-6,9-10H2,(H,20,23). The average molecular weight is 353 g/mol. The van der Waals surface area contributed by atoms with Crippen molar-refractivity contribution in [2.45, 2.75) is 12.8 Å². The van der Waals surface area contributed by atoms with Crippen molar-refractivity contribution in [3.05, 3.63) is 40.8 Å². The fourth-order valence-corrected chi connectivity index (χ4v) is 3.07. The van der Waals surface area contributed by atoms with Gasteiger partial charge in [-0.2, -0.15) is 0 Å². The van der Waals surface area contributed by atoms with Crippen LogP contribution in [0.25, 0.3) is 10.9 Å². The molecule has 1 fully saturated rings. The van der Waals surface area contributed by atoms with E-state index in [1.165, 1.54) is 12.1 Å². The predicted octanol–water partition coefficient (Wildman–Crippen LogP) is 2.55. The van der Waals surface area contributed by atoms with Crippen LogP contribution in [0.4, 0.5) is 4.39 Å². The minimum atomic E-state index is -0.410. The highest BCUT2D eigenvalue weighted by atomic mass is 35.5. The van der Waals surface area contributed by atoms with Crippen LogP contribution in [-0.4, -0.2) is 42.4 Å². The molecule has 0 atom stereocenters. The second-order valence-corrected chi connectivity index (χ2v) is 6.47. The number of carbonyl (C=O) groups excluding carboxylic acids is 1. The van der Waals surface area contributed by atoms with Crippen LogP contribution in [0.5, 0.6) is 0 Å². The van der Waals surface area contributed by atoms with Crippen LogP contribution in [0.1, 0.15) is 23.2 Å². The molecule has 0 saturated carbocycles. The molecule has 0 unspecified atom stereocenters. The van der Waals surface area contributed by atoms with Crippen LogP contribution < -0.4 is 5.32 Å². The molecule has 0 aliphatic carbocycles. The van der Waals surface area contributed by atoms with E-state index in [-0.39, 0.29) is 28.6 Å². The first-order valence-electron chi connectivity index (χ1n) is 7.76. The topological polar surface area (TPSA) is 71.5 Å². The fourth-order valence-electron chi connectivity index (χ4n) is 2.83. The molecule has 1 aromatic carbocycles. The number of nitrogens with zero attached hydrogens (tertiary/aromatic N) is 1. The summed E-state index contributed by atoms with van der Waals surface area (Å²) in [5.74, 6) is -0.772. The molecule has 5 nitrogen and oxygen atoms in total. The van der Waals surface area contributed by atoms with Gasteiger partial charge in [0.25, 0.3) is 5.91 Å². The van der Waals surface area contributed by atoms with E-state index in [0.717, 1.165) is 0 Å². The van der Waals surface area contributed by atoms with Gasteiger partial charge in [-0.05, 0) is 31.0 Å². The lowest BCUT2D eigenvalue weighted by molar-refractivity contribution is -0.0146. The molecule has 24 heavy (non-hydrogen) atoms. The molecule has 128 valence electrons. The molecule has 1 aliphatic rings. The number of benzene rings is 1. The number of amides is 1. The minimum Gasteiger partial charge on any atom is -0.396 e. The predicted molar refractivity (Wildman–Crippen MR) is 88.6 cm³/mol. The molecule has 1 saturated heterocycles. The molecule has 1 amide bonds. The van der Waals surface area contributed by atoms with Gasteiger partial charge in [0.2, 0.25) is 0 Å². The highest BCUT2D eigenvalue weighted by Crippen LogP contribution is 2.29.